The third-order valence-corrected chi connectivity index (χ3v) is 3.38. The van der Waals surface area contributed by atoms with Crippen molar-refractivity contribution in [3.05, 3.63) is 36.1 Å². The van der Waals surface area contributed by atoms with Crippen LogP contribution in [0.25, 0.3) is 11.0 Å². The maximum absolute atomic E-state index is 11.8. The maximum atomic E-state index is 11.8. The van der Waals surface area contributed by atoms with Crippen molar-refractivity contribution in [2.24, 2.45) is 5.92 Å². The molecule has 2 aromatic rings. The van der Waals surface area contributed by atoms with Crippen LogP contribution in [0.2, 0.25) is 0 Å². The number of furan rings is 1. The van der Waals surface area contributed by atoms with Crippen LogP contribution < -0.4 is 10.6 Å². The quantitative estimate of drug-likeness (QED) is 0.866. The van der Waals surface area contributed by atoms with Crippen molar-refractivity contribution in [1.82, 2.24) is 10.6 Å². The minimum atomic E-state index is -0.0921. The summed E-state index contributed by atoms with van der Waals surface area (Å²) in [6.07, 6.45) is 0. The Hall–Kier alpha value is -1.81. The molecule has 0 spiro atoms. The van der Waals surface area contributed by atoms with Crippen LogP contribution >= 0.6 is 0 Å². The Morgan fingerprint density at radius 1 is 1.44 bits per heavy atom. The van der Waals surface area contributed by atoms with E-state index in [2.05, 4.69) is 10.6 Å². The molecule has 1 aliphatic heterocycles. The lowest BCUT2D eigenvalue weighted by molar-refractivity contribution is -0.127. The number of benzene rings is 1. The molecule has 1 atom stereocenters. The van der Waals surface area contributed by atoms with Gasteiger partial charge in [0.2, 0.25) is 5.91 Å². The number of fused-ring (bicyclic) bond motifs is 1. The molecule has 4 heteroatoms. The van der Waals surface area contributed by atoms with E-state index in [0.29, 0.717) is 0 Å². The molecule has 18 heavy (non-hydrogen) atoms. The Bertz CT molecular complexity index is 539. The van der Waals surface area contributed by atoms with Gasteiger partial charge in [-0.05, 0) is 19.1 Å². The largest absolute Gasteiger partial charge is 0.459 e. The van der Waals surface area contributed by atoms with Crippen molar-refractivity contribution in [3.8, 4) is 0 Å². The zero-order valence-electron chi connectivity index (χ0n) is 10.3. The van der Waals surface area contributed by atoms with E-state index in [-0.39, 0.29) is 17.9 Å². The second kappa shape index (κ2) is 4.46. The fourth-order valence-electron chi connectivity index (χ4n) is 2.09. The molecule has 4 nitrogen and oxygen atoms in total. The van der Waals surface area contributed by atoms with E-state index in [4.69, 9.17) is 4.42 Å². The van der Waals surface area contributed by atoms with Gasteiger partial charge in [0.05, 0.1) is 12.0 Å². The highest BCUT2D eigenvalue weighted by Gasteiger charge is 2.26. The summed E-state index contributed by atoms with van der Waals surface area (Å²) in [5.74, 6) is 1.01. The predicted octanol–water partition coefficient (Wildman–Crippen LogP) is 1.83. The minimum absolute atomic E-state index is 0.0921. The molecule has 1 amide bonds. The van der Waals surface area contributed by atoms with Gasteiger partial charge in [0.15, 0.2) is 0 Å². The second-order valence-electron chi connectivity index (χ2n) is 4.77. The summed E-state index contributed by atoms with van der Waals surface area (Å²) in [5, 5.41) is 7.15. The first kappa shape index (κ1) is 11.3. The van der Waals surface area contributed by atoms with Crippen molar-refractivity contribution in [3.63, 3.8) is 0 Å². The van der Waals surface area contributed by atoms with E-state index < -0.39 is 0 Å². The zero-order chi connectivity index (χ0) is 12.5. The highest BCUT2D eigenvalue weighted by molar-refractivity contribution is 5.81. The molecule has 1 aromatic heterocycles. The van der Waals surface area contributed by atoms with Crippen molar-refractivity contribution >= 4 is 16.9 Å². The molecule has 2 heterocycles. The molecule has 0 aliphatic carbocycles. The summed E-state index contributed by atoms with van der Waals surface area (Å²) in [7, 11) is 0. The lowest BCUT2D eigenvalue weighted by Gasteiger charge is -2.27. The summed E-state index contributed by atoms with van der Waals surface area (Å²) in [5.41, 5.74) is 0.860. The Morgan fingerprint density at radius 3 is 2.89 bits per heavy atom. The van der Waals surface area contributed by atoms with Gasteiger partial charge in [0, 0.05) is 18.5 Å². The van der Waals surface area contributed by atoms with Gasteiger partial charge in [-0.15, -0.1) is 0 Å². The Kier molecular flexibility index (Phi) is 2.80. The predicted molar refractivity (Wildman–Crippen MR) is 69.1 cm³/mol. The SMILES string of the molecule is CC(NC(=O)C1CNC1)c1cc2ccccc2o1. The highest BCUT2D eigenvalue weighted by atomic mass is 16.3. The monoisotopic (exact) mass is 244 g/mol. The van der Waals surface area contributed by atoms with Gasteiger partial charge in [0.1, 0.15) is 11.3 Å². The van der Waals surface area contributed by atoms with Crippen LogP contribution in [-0.2, 0) is 4.79 Å². The summed E-state index contributed by atoms with van der Waals surface area (Å²) in [6, 6.07) is 9.75. The van der Waals surface area contributed by atoms with Crippen molar-refractivity contribution in [2.45, 2.75) is 13.0 Å². The number of carbonyl (C=O) groups is 1. The lowest BCUT2D eigenvalue weighted by Crippen LogP contribution is -2.51. The van der Waals surface area contributed by atoms with Crippen molar-refractivity contribution in [1.29, 1.82) is 0 Å². The normalized spacial score (nSPS) is 17.4. The van der Waals surface area contributed by atoms with Crippen LogP contribution in [0.5, 0.6) is 0 Å². The van der Waals surface area contributed by atoms with Crippen molar-refractivity contribution < 1.29 is 9.21 Å². The van der Waals surface area contributed by atoms with Crippen LogP contribution in [0.3, 0.4) is 0 Å². The molecular formula is C14H16N2O2. The number of hydrogen-bond acceptors (Lipinski definition) is 3. The van der Waals surface area contributed by atoms with Gasteiger partial charge in [-0.25, -0.2) is 0 Å². The molecule has 1 saturated heterocycles. The smallest absolute Gasteiger partial charge is 0.226 e. The number of para-hydroxylation sites is 1. The van der Waals surface area contributed by atoms with Gasteiger partial charge in [0.25, 0.3) is 0 Å². The minimum Gasteiger partial charge on any atom is -0.459 e. The van der Waals surface area contributed by atoms with Crippen LogP contribution in [0.1, 0.15) is 18.7 Å². The molecule has 3 rings (SSSR count). The fraction of sp³-hybridized carbons (Fsp3) is 0.357. The van der Waals surface area contributed by atoms with Gasteiger partial charge in [-0.2, -0.15) is 0 Å². The molecule has 1 fully saturated rings. The molecule has 0 bridgehead atoms. The molecule has 0 radical (unpaired) electrons. The second-order valence-corrected chi connectivity index (χ2v) is 4.77. The first-order chi connectivity index (χ1) is 8.74. The summed E-state index contributed by atoms with van der Waals surface area (Å²) in [4.78, 5) is 11.8. The number of carbonyl (C=O) groups excluding carboxylic acids is 1. The number of amides is 1. The first-order valence-electron chi connectivity index (χ1n) is 6.23. The number of nitrogens with one attached hydrogen (secondary N) is 2. The third kappa shape index (κ3) is 1.99. The first-order valence-corrected chi connectivity index (χ1v) is 6.23. The van der Waals surface area contributed by atoms with Gasteiger partial charge in [-0.1, -0.05) is 18.2 Å². The number of hydrogen-bond donors (Lipinski definition) is 2. The average Bonchev–Trinajstić information content (AvgIpc) is 2.69. The molecule has 94 valence electrons. The molecule has 0 saturated carbocycles. The molecule has 1 aliphatic rings. The van der Waals surface area contributed by atoms with E-state index in [1.807, 2.05) is 37.3 Å². The van der Waals surface area contributed by atoms with Crippen LogP contribution in [-0.4, -0.2) is 19.0 Å². The topological polar surface area (TPSA) is 54.3 Å². The zero-order valence-corrected chi connectivity index (χ0v) is 10.3. The molecule has 2 N–H and O–H groups in total. The Labute approximate surface area is 105 Å². The molecular weight excluding hydrogens is 228 g/mol. The van der Waals surface area contributed by atoms with Crippen molar-refractivity contribution in [2.75, 3.05) is 13.1 Å². The van der Waals surface area contributed by atoms with E-state index in [9.17, 15) is 4.79 Å². The number of rotatable bonds is 3. The Balaban J connectivity index is 1.74. The molecule has 1 unspecified atom stereocenters. The Morgan fingerprint density at radius 2 is 2.22 bits per heavy atom. The average molecular weight is 244 g/mol. The summed E-state index contributed by atoms with van der Waals surface area (Å²) >= 11 is 0. The van der Waals surface area contributed by atoms with E-state index in [1.54, 1.807) is 0 Å². The van der Waals surface area contributed by atoms with Gasteiger partial charge >= 0.3 is 0 Å². The van der Waals surface area contributed by atoms with E-state index >= 15 is 0 Å². The molecule has 1 aromatic carbocycles. The lowest BCUT2D eigenvalue weighted by atomic mass is 10.0. The van der Waals surface area contributed by atoms with E-state index in [0.717, 1.165) is 29.8 Å². The summed E-state index contributed by atoms with van der Waals surface area (Å²) in [6.45, 7) is 3.50. The van der Waals surface area contributed by atoms with E-state index in [1.165, 1.54) is 0 Å². The summed E-state index contributed by atoms with van der Waals surface area (Å²) < 4.78 is 5.73. The van der Waals surface area contributed by atoms with Gasteiger partial charge < -0.3 is 15.1 Å². The van der Waals surface area contributed by atoms with Gasteiger partial charge in [-0.3, -0.25) is 4.79 Å². The van der Waals surface area contributed by atoms with Crippen LogP contribution in [0.15, 0.2) is 34.7 Å². The third-order valence-electron chi connectivity index (χ3n) is 3.38. The van der Waals surface area contributed by atoms with Crippen LogP contribution in [0.4, 0.5) is 0 Å². The van der Waals surface area contributed by atoms with Crippen LogP contribution in [0, 0.1) is 5.92 Å². The highest BCUT2D eigenvalue weighted by Crippen LogP contribution is 2.23. The maximum Gasteiger partial charge on any atom is 0.226 e. The standard InChI is InChI=1S/C14H16N2O2/c1-9(16-14(17)11-7-15-8-11)13-6-10-4-2-3-5-12(10)18-13/h2-6,9,11,15H,7-8H2,1H3,(H,16,17). The fourth-order valence-corrected chi connectivity index (χ4v) is 2.09.